The van der Waals surface area contributed by atoms with Gasteiger partial charge in [-0.15, -0.1) is 10.1 Å². The second kappa shape index (κ2) is 14.5. The fraction of sp³-hybridized carbons (Fsp3) is 0.714. The Bertz CT molecular complexity index is 620. The molecule has 9 nitrogen and oxygen atoms in total. The molecule has 1 aromatic rings. The number of amides is 1. The quantitative estimate of drug-likeness (QED) is 0.254. The van der Waals surface area contributed by atoms with Crippen LogP contribution in [-0.4, -0.2) is 55.3 Å². The van der Waals surface area contributed by atoms with Crippen LogP contribution in [0.3, 0.4) is 0 Å². The van der Waals surface area contributed by atoms with Gasteiger partial charge < -0.3 is 20.4 Å². The van der Waals surface area contributed by atoms with Gasteiger partial charge >= 0.3 is 0 Å². The largest absolute Gasteiger partial charge is 0.354 e. The maximum atomic E-state index is 12.2. The number of hydrogen-bond donors (Lipinski definition) is 2. The molecule has 0 radical (unpaired) electrons. The molecule has 0 spiro atoms. The van der Waals surface area contributed by atoms with Gasteiger partial charge in [-0.05, 0) is 25.0 Å². The lowest BCUT2D eigenvalue weighted by molar-refractivity contribution is -0.757. The van der Waals surface area contributed by atoms with Crippen molar-refractivity contribution in [3.8, 4) is 0 Å². The summed E-state index contributed by atoms with van der Waals surface area (Å²) in [7, 11) is 0. The highest BCUT2D eigenvalue weighted by molar-refractivity contribution is 5.94. The summed E-state index contributed by atoms with van der Waals surface area (Å²) in [6.07, 6.45) is 11.3. The summed E-state index contributed by atoms with van der Waals surface area (Å²) in [5.41, 5.74) is 0.609. The van der Waals surface area contributed by atoms with Crippen LogP contribution in [0.4, 0.5) is 5.82 Å². The highest BCUT2D eigenvalue weighted by Gasteiger charge is 2.12. The fourth-order valence-electron chi connectivity index (χ4n) is 3.51. The Morgan fingerprint density at radius 3 is 2.30 bits per heavy atom. The average Bonchev–Trinajstić information content (AvgIpc) is 2.77. The van der Waals surface area contributed by atoms with E-state index in [4.69, 9.17) is 0 Å². The number of rotatable bonds is 15. The van der Waals surface area contributed by atoms with Crippen LogP contribution < -0.4 is 15.5 Å². The summed E-state index contributed by atoms with van der Waals surface area (Å²) in [5, 5.41) is 15.6. The first-order chi connectivity index (χ1) is 14.7. The van der Waals surface area contributed by atoms with E-state index in [2.05, 4.69) is 25.4 Å². The summed E-state index contributed by atoms with van der Waals surface area (Å²) in [5.74, 6) is 0.869. The molecule has 2 rings (SSSR count). The van der Waals surface area contributed by atoms with Gasteiger partial charge in [0.05, 0.1) is 12.2 Å². The molecule has 168 valence electrons. The standard InChI is InChI=1S/C21H35N5O4/c27-21(19-10-11-20(24-18-19)25-15-13-22-14-16-25)23-12-8-6-4-2-1-3-5-7-9-17-30-26(28)29/h10-11,18,22H,1-9,12-17H2,(H,23,27). The van der Waals surface area contributed by atoms with E-state index in [0.29, 0.717) is 12.1 Å². The Kier molecular flexibility index (Phi) is 11.6. The highest BCUT2D eigenvalue weighted by Crippen LogP contribution is 2.12. The molecule has 2 heterocycles. The van der Waals surface area contributed by atoms with Gasteiger partial charge in [-0.25, -0.2) is 4.98 Å². The molecule has 1 amide bonds. The van der Waals surface area contributed by atoms with Crippen molar-refractivity contribution in [2.75, 3.05) is 44.2 Å². The van der Waals surface area contributed by atoms with Crippen molar-refractivity contribution < 1.29 is 14.7 Å². The second-order valence-corrected chi connectivity index (χ2v) is 7.64. The summed E-state index contributed by atoms with van der Waals surface area (Å²) >= 11 is 0. The molecule has 0 atom stereocenters. The fourth-order valence-corrected chi connectivity index (χ4v) is 3.51. The highest BCUT2D eigenvalue weighted by atomic mass is 16.9. The van der Waals surface area contributed by atoms with Gasteiger partial charge in [0.2, 0.25) is 0 Å². The van der Waals surface area contributed by atoms with Crippen LogP contribution in [0.2, 0.25) is 0 Å². The Balaban J connectivity index is 1.44. The molecule has 0 saturated carbocycles. The first-order valence-corrected chi connectivity index (χ1v) is 11.1. The predicted octanol–water partition coefficient (Wildman–Crippen LogP) is 2.94. The number of piperazine rings is 1. The van der Waals surface area contributed by atoms with Crippen LogP contribution in [0.15, 0.2) is 18.3 Å². The molecule has 1 aliphatic heterocycles. The van der Waals surface area contributed by atoms with Crippen molar-refractivity contribution >= 4 is 11.7 Å². The summed E-state index contributed by atoms with van der Waals surface area (Å²) in [4.78, 5) is 33.2. The van der Waals surface area contributed by atoms with E-state index in [9.17, 15) is 14.9 Å². The topological polar surface area (TPSA) is 110 Å². The number of unbranched alkanes of at least 4 members (excludes halogenated alkanes) is 8. The first kappa shape index (κ1) is 23.9. The first-order valence-electron chi connectivity index (χ1n) is 11.1. The number of hydrogen-bond acceptors (Lipinski definition) is 7. The maximum absolute atomic E-state index is 12.2. The van der Waals surface area contributed by atoms with Crippen LogP contribution in [-0.2, 0) is 4.84 Å². The molecular weight excluding hydrogens is 386 g/mol. The minimum absolute atomic E-state index is 0.0598. The smallest absolute Gasteiger partial charge is 0.294 e. The summed E-state index contributed by atoms with van der Waals surface area (Å²) < 4.78 is 0. The zero-order valence-corrected chi connectivity index (χ0v) is 17.8. The van der Waals surface area contributed by atoms with Crippen LogP contribution in [0.1, 0.15) is 68.1 Å². The van der Waals surface area contributed by atoms with Crippen molar-refractivity contribution in [3.05, 3.63) is 34.0 Å². The van der Waals surface area contributed by atoms with Gasteiger partial charge in [0.1, 0.15) is 5.82 Å². The third-order valence-corrected chi connectivity index (χ3v) is 5.25. The Hall–Kier alpha value is -2.42. The third kappa shape index (κ3) is 9.87. The van der Waals surface area contributed by atoms with Gasteiger partial charge in [0.25, 0.3) is 11.0 Å². The van der Waals surface area contributed by atoms with Crippen molar-refractivity contribution in [2.45, 2.75) is 57.8 Å². The zero-order chi connectivity index (χ0) is 21.4. The normalized spacial score (nSPS) is 13.8. The van der Waals surface area contributed by atoms with Gasteiger partial charge in [-0.1, -0.05) is 44.9 Å². The molecule has 1 aliphatic rings. The summed E-state index contributed by atoms with van der Waals surface area (Å²) in [6.45, 7) is 4.70. The number of nitrogens with zero attached hydrogens (tertiary/aromatic N) is 3. The number of aromatic nitrogens is 1. The SMILES string of the molecule is O=C(NCCCCCCCCCCCO[N+](=O)[O-])c1ccc(N2CCNCC2)nc1. The van der Waals surface area contributed by atoms with Crippen molar-refractivity contribution in [1.82, 2.24) is 15.6 Å². The van der Waals surface area contributed by atoms with Crippen LogP contribution >= 0.6 is 0 Å². The second-order valence-electron chi connectivity index (χ2n) is 7.64. The van der Waals surface area contributed by atoms with E-state index in [1.165, 1.54) is 19.3 Å². The summed E-state index contributed by atoms with van der Waals surface area (Å²) in [6, 6.07) is 3.78. The van der Waals surface area contributed by atoms with E-state index in [1.54, 1.807) is 6.20 Å². The molecule has 0 aliphatic carbocycles. The molecule has 1 aromatic heterocycles. The van der Waals surface area contributed by atoms with Gasteiger partial charge in [0.15, 0.2) is 0 Å². The minimum atomic E-state index is -0.733. The molecule has 0 aromatic carbocycles. The average molecular weight is 422 g/mol. The Morgan fingerprint density at radius 2 is 1.70 bits per heavy atom. The molecule has 1 fully saturated rings. The Labute approximate surface area is 178 Å². The third-order valence-electron chi connectivity index (χ3n) is 5.25. The van der Waals surface area contributed by atoms with Crippen LogP contribution in [0.5, 0.6) is 0 Å². The molecule has 1 saturated heterocycles. The maximum Gasteiger partial charge on any atom is 0.294 e. The molecule has 2 N–H and O–H groups in total. The van der Waals surface area contributed by atoms with Crippen molar-refractivity contribution in [2.24, 2.45) is 0 Å². The van der Waals surface area contributed by atoms with E-state index in [1.807, 2.05) is 12.1 Å². The lowest BCUT2D eigenvalue weighted by Gasteiger charge is -2.28. The van der Waals surface area contributed by atoms with Gasteiger partial charge in [-0.3, -0.25) is 4.79 Å². The van der Waals surface area contributed by atoms with Crippen LogP contribution in [0, 0.1) is 10.1 Å². The van der Waals surface area contributed by atoms with Crippen molar-refractivity contribution in [1.29, 1.82) is 0 Å². The lowest BCUT2D eigenvalue weighted by Crippen LogP contribution is -2.43. The number of anilines is 1. The van der Waals surface area contributed by atoms with E-state index in [-0.39, 0.29) is 12.5 Å². The number of carbonyl (C=O) groups is 1. The van der Waals surface area contributed by atoms with E-state index in [0.717, 1.165) is 70.5 Å². The molecule has 9 heteroatoms. The molecule has 0 unspecified atom stereocenters. The Morgan fingerprint density at radius 1 is 1.07 bits per heavy atom. The van der Waals surface area contributed by atoms with Gasteiger partial charge in [-0.2, -0.15) is 0 Å². The number of pyridine rings is 1. The number of nitrogens with one attached hydrogen (secondary N) is 2. The number of carbonyl (C=O) groups excluding carboxylic acids is 1. The zero-order valence-electron chi connectivity index (χ0n) is 17.8. The van der Waals surface area contributed by atoms with E-state index < -0.39 is 5.09 Å². The van der Waals surface area contributed by atoms with E-state index >= 15 is 0 Å². The van der Waals surface area contributed by atoms with Crippen LogP contribution in [0.25, 0.3) is 0 Å². The van der Waals surface area contributed by atoms with Gasteiger partial charge in [0, 0.05) is 38.9 Å². The van der Waals surface area contributed by atoms with Crippen molar-refractivity contribution in [3.63, 3.8) is 0 Å². The molecular formula is C21H35N5O4. The predicted molar refractivity (Wildman–Crippen MR) is 116 cm³/mol. The monoisotopic (exact) mass is 421 g/mol. The minimum Gasteiger partial charge on any atom is -0.354 e. The lowest BCUT2D eigenvalue weighted by atomic mass is 10.1. The molecule has 30 heavy (non-hydrogen) atoms. The molecule has 0 bridgehead atoms.